The number of aromatic nitrogens is 1. The second-order valence-corrected chi connectivity index (χ2v) is 6.19. The number of carbonyl (C=O) groups is 1. The van der Waals surface area contributed by atoms with Gasteiger partial charge in [-0.25, -0.2) is 4.98 Å². The lowest BCUT2D eigenvalue weighted by atomic mass is 10.2. The maximum atomic E-state index is 12.2. The minimum absolute atomic E-state index is 0.0228. The van der Waals surface area contributed by atoms with Gasteiger partial charge < -0.3 is 10.6 Å². The van der Waals surface area contributed by atoms with Crippen molar-refractivity contribution in [1.82, 2.24) is 4.98 Å². The van der Waals surface area contributed by atoms with Gasteiger partial charge in [-0.3, -0.25) is 4.79 Å². The van der Waals surface area contributed by atoms with Crippen LogP contribution in [0.15, 0.2) is 48.3 Å². The zero-order valence-corrected chi connectivity index (χ0v) is 14.9. The van der Waals surface area contributed by atoms with Crippen molar-refractivity contribution in [2.45, 2.75) is 13.8 Å². The Bertz CT molecular complexity index is 791. The fourth-order valence-electron chi connectivity index (χ4n) is 1.80. The quantitative estimate of drug-likeness (QED) is 0.450. The van der Waals surface area contributed by atoms with Crippen molar-refractivity contribution < 1.29 is 4.79 Å². The van der Waals surface area contributed by atoms with Crippen molar-refractivity contribution in [2.24, 2.45) is 0 Å². The Morgan fingerprint density at radius 3 is 2.70 bits per heavy atom. The number of halogens is 1. The first kappa shape index (κ1) is 17.0. The van der Waals surface area contributed by atoms with Gasteiger partial charge in [-0.15, -0.1) is 0 Å². The number of nitrogens with one attached hydrogen (secondary N) is 2. The molecule has 23 heavy (non-hydrogen) atoms. The van der Waals surface area contributed by atoms with Crippen LogP contribution in [0.5, 0.6) is 0 Å². The molecule has 1 heterocycles. The van der Waals surface area contributed by atoms with Gasteiger partial charge in [-0.1, -0.05) is 6.07 Å². The first-order valence-corrected chi connectivity index (χ1v) is 7.94. The molecule has 0 aliphatic rings. The molecule has 0 unspecified atom stereocenters. The summed E-state index contributed by atoms with van der Waals surface area (Å²) in [6.45, 7) is 3.84. The Labute approximate surface area is 148 Å². The van der Waals surface area contributed by atoms with E-state index in [0.717, 1.165) is 14.7 Å². The number of pyridine rings is 1. The minimum atomic E-state index is -0.462. The lowest BCUT2D eigenvalue weighted by molar-refractivity contribution is -0.112. The molecule has 5 nitrogen and oxygen atoms in total. The van der Waals surface area contributed by atoms with Crippen molar-refractivity contribution in [3.05, 3.63) is 63.0 Å². The Hall–Kier alpha value is -2.40. The van der Waals surface area contributed by atoms with Gasteiger partial charge in [0.15, 0.2) is 0 Å². The van der Waals surface area contributed by atoms with E-state index in [-0.39, 0.29) is 5.57 Å². The Balaban J connectivity index is 2.10. The van der Waals surface area contributed by atoms with Crippen molar-refractivity contribution in [3.63, 3.8) is 0 Å². The molecule has 1 aromatic carbocycles. The van der Waals surface area contributed by atoms with Gasteiger partial charge in [0.1, 0.15) is 17.5 Å². The van der Waals surface area contributed by atoms with Crippen LogP contribution in [-0.4, -0.2) is 10.9 Å². The molecule has 0 saturated heterocycles. The van der Waals surface area contributed by atoms with Crippen LogP contribution in [0.25, 0.3) is 0 Å². The number of benzene rings is 1. The summed E-state index contributed by atoms with van der Waals surface area (Å²) >= 11 is 2.21. The maximum Gasteiger partial charge on any atom is 0.267 e. The van der Waals surface area contributed by atoms with E-state index >= 15 is 0 Å². The van der Waals surface area contributed by atoms with Crippen LogP contribution in [0.4, 0.5) is 11.5 Å². The van der Waals surface area contributed by atoms with E-state index in [1.54, 1.807) is 12.3 Å². The molecule has 1 amide bonds. The van der Waals surface area contributed by atoms with Crippen LogP contribution in [0.1, 0.15) is 11.1 Å². The zero-order valence-electron chi connectivity index (χ0n) is 12.7. The third-order valence-corrected chi connectivity index (χ3v) is 3.75. The Kier molecular flexibility index (Phi) is 5.71. The average molecular weight is 418 g/mol. The van der Waals surface area contributed by atoms with Gasteiger partial charge >= 0.3 is 0 Å². The maximum absolute atomic E-state index is 12.2. The highest BCUT2D eigenvalue weighted by atomic mass is 127. The second kappa shape index (κ2) is 7.74. The number of amides is 1. The predicted molar refractivity (Wildman–Crippen MR) is 98.8 cm³/mol. The number of carbonyl (C=O) groups excluding carboxylic acids is 1. The Morgan fingerprint density at radius 2 is 2.09 bits per heavy atom. The van der Waals surface area contributed by atoms with Crippen molar-refractivity contribution in [2.75, 3.05) is 10.6 Å². The van der Waals surface area contributed by atoms with Crippen LogP contribution >= 0.6 is 22.6 Å². The van der Waals surface area contributed by atoms with Crippen LogP contribution in [0, 0.1) is 28.7 Å². The summed E-state index contributed by atoms with van der Waals surface area (Å²) in [5, 5.41) is 14.8. The lowest BCUT2D eigenvalue weighted by Gasteiger charge is -2.08. The Morgan fingerprint density at radius 1 is 1.30 bits per heavy atom. The third kappa shape index (κ3) is 4.79. The summed E-state index contributed by atoms with van der Waals surface area (Å²) < 4.78 is 1.08. The molecular formula is C17H15IN4O. The van der Waals surface area contributed by atoms with Crippen LogP contribution in [0.3, 0.4) is 0 Å². The lowest BCUT2D eigenvalue weighted by Crippen LogP contribution is -2.15. The second-order valence-electron chi connectivity index (χ2n) is 4.95. The van der Waals surface area contributed by atoms with Crippen LogP contribution < -0.4 is 10.6 Å². The number of rotatable bonds is 4. The summed E-state index contributed by atoms with van der Waals surface area (Å²) in [4.78, 5) is 16.3. The number of aryl methyl sites for hydroxylation is 2. The van der Waals surface area contributed by atoms with E-state index in [1.807, 2.05) is 44.2 Å². The molecule has 0 fully saturated rings. The first-order valence-electron chi connectivity index (χ1n) is 6.86. The molecular weight excluding hydrogens is 403 g/mol. The molecule has 0 radical (unpaired) electrons. The molecule has 116 valence electrons. The molecule has 2 aromatic rings. The molecule has 0 spiro atoms. The normalized spacial score (nSPS) is 10.8. The summed E-state index contributed by atoms with van der Waals surface area (Å²) in [6.07, 6.45) is 3.06. The summed E-state index contributed by atoms with van der Waals surface area (Å²) in [7, 11) is 0. The fraction of sp³-hybridized carbons (Fsp3) is 0.118. The number of nitriles is 1. The van der Waals surface area contributed by atoms with E-state index in [9.17, 15) is 4.79 Å². The number of nitrogens with zero attached hydrogens (tertiary/aromatic N) is 2. The van der Waals surface area contributed by atoms with E-state index in [0.29, 0.717) is 11.5 Å². The van der Waals surface area contributed by atoms with E-state index in [2.05, 4.69) is 38.2 Å². The summed E-state index contributed by atoms with van der Waals surface area (Å²) in [5.74, 6) is 0.109. The number of hydrogen-bond donors (Lipinski definition) is 2. The monoisotopic (exact) mass is 418 g/mol. The third-order valence-electron chi connectivity index (χ3n) is 3.08. The summed E-state index contributed by atoms with van der Waals surface area (Å²) in [5.41, 5.74) is 2.64. The van der Waals surface area contributed by atoms with Crippen molar-refractivity contribution in [3.8, 4) is 6.07 Å². The van der Waals surface area contributed by atoms with Gasteiger partial charge in [-0.2, -0.15) is 5.26 Å². The molecule has 6 heteroatoms. The highest BCUT2D eigenvalue weighted by molar-refractivity contribution is 14.1. The van der Waals surface area contributed by atoms with Crippen molar-refractivity contribution in [1.29, 1.82) is 5.26 Å². The molecule has 0 aliphatic heterocycles. The largest absolute Gasteiger partial charge is 0.345 e. The van der Waals surface area contributed by atoms with E-state index in [1.165, 1.54) is 6.20 Å². The van der Waals surface area contributed by atoms with Crippen molar-refractivity contribution >= 4 is 40.0 Å². The van der Waals surface area contributed by atoms with Crippen LogP contribution in [0.2, 0.25) is 0 Å². The van der Waals surface area contributed by atoms with Gasteiger partial charge in [0.05, 0.1) is 0 Å². The number of hydrogen-bond acceptors (Lipinski definition) is 4. The van der Waals surface area contributed by atoms with E-state index < -0.39 is 5.91 Å². The highest BCUT2D eigenvalue weighted by Gasteiger charge is 2.10. The van der Waals surface area contributed by atoms with Gasteiger partial charge in [0, 0.05) is 21.7 Å². The van der Waals surface area contributed by atoms with Gasteiger partial charge in [-0.05, 0) is 71.8 Å². The van der Waals surface area contributed by atoms with Crippen LogP contribution in [-0.2, 0) is 4.79 Å². The number of anilines is 2. The minimum Gasteiger partial charge on any atom is -0.345 e. The molecule has 2 N–H and O–H groups in total. The standard InChI is InChI=1S/C17H15IN4O/c1-11-3-6-16(20-9-11)21-10-13(8-19)17(23)22-15-5-4-14(18)7-12(15)2/h3-7,9-10H,1-2H3,(H,20,21)(H,22,23)/b13-10-. The fourth-order valence-corrected chi connectivity index (χ4v) is 2.45. The predicted octanol–water partition coefficient (Wildman–Crippen LogP) is 3.76. The summed E-state index contributed by atoms with van der Waals surface area (Å²) in [6, 6.07) is 11.2. The molecule has 0 atom stereocenters. The first-order chi connectivity index (χ1) is 11.0. The topological polar surface area (TPSA) is 77.8 Å². The van der Waals surface area contributed by atoms with Gasteiger partial charge in [0.25, 0.3) is 5.91 Å². The van der Waals surface area contributed by atoms with Gasteiger partial charge in [0.2, 0.25) is 0 Å². The smallest absolute Gasteiger partial charge is 0.267 e. The molecule has 0 saturated carbocycles. The zero-order chi connectivity index (χ0) is 16.8. The highest BCUT2D eigenvalue weighted by Crippen LogP contribution is 2.18. The average Bonchev–Trinajstić information content (AvgIpc) is 2.52. The SMILES string of the molecule is Cc1ccc(N/C=C(/C#N)C(=O)Nc2ccc(I)cc2C)nc1. The molecule has 0 bridgehead atoms. The van der Waals surface area contributed by atoms with E-state index in [4.69, 9.17) is 5.26 Å². The molecule has 0 aliphatic carbocycles. The molecule has 2 rings (SSSR count). The molecule has 1 aromatic heterocycles.